The number of hydrogen-bond acceptors (Lipinski definition) is 0. The first kappa shape index (κ1) is 6.96. The minimum Gasteiger partial charge on any atom is -0.236 e. The molecule has 0 aliphatic rings. The van der Waals surface area contributed by atoms with Crippen LogP contribution in [0.3, 0.4) is 0 Å². The van der Waals surface area contributed by atoms with Crippen molar-refractivity contribution in [3.63, 3.8) is 0 Å². The van der Waals surface area contributed by atoms with Crippen molar-refractivity contribution in [3.05, 3.63) is 6.92 Å². The van der Waals surface area contributed by atoms with E-state index < -0.39 is 0 Å². The van der Waals surface area contributed by atoms with Gasteiger partial charge in [-0.25, -0.2) is 5.11 Å². The lowest BCUT2D eigenvalue weighted by molar-refractivity contribution is 0.142. The molecule has 2 radical (unpaired) electrons. The van der Waals surface area contributed by atoms with Crippen molar-refractivity contribution in [3.8, 4) is 0 Å². The zero-order chi connectivity index (χ0) is 5.70. The smallest absolute Gasteiger partial charge is 0.0850 e. The third-order valence-electron chi connectivity index (χ3n) is 1.22. The van der Waals surface area contributed by atoms with Gasteiger partial charge in [0.05, 0.1) is 6.61 Å². The van der Waals surface area contributed by atoms with Crippen molar-refractivity contribution in [2.24, 2.45) is 5.92 Å². The molecule has 1 nitrogen and oxygen atoms in total. The Morgan fingerprint density at radius 1 is 1.71 bits per heavy atom. The van der Waals surface area contributed by atoms with E-state index in [1.807, 2.05) is 6.92 Å². The molecule has 0 fully saturated rings. The van der Waals surface area contributed by atoms with E-state index in [-0.39, 0.29) is 6.61 Å². The molecule has 0 spiro atoms. The van der Waals surface area contributed by atoms with Crippen LogP contribution in [-0.2, 0) is 5.11 Å². The molecule has 0 aromatic rings. The fourth-order valence-corrected chi connectivity index (χ4v) is 0.405. The van der Waals surface area contributed by atoms with Gasteiger partial charge >= 0.3 is 0 Å². The Kier molecular flexibility index (Phi) is 4.10. The van der Waals surface area contributed by atoms with Gasteiger partial charge < -0.3 is 0 Å². The quantitative estimate of drug-likeness (QED) is 0.514. The fraction of sp³-hybridized carbons (Fsp3) is 0.833. The average Bonchev–Trinajstić information content (AvgIpc) is 1.72. The van der Waals surface area contributed by atoms with E-state index in [9.17, 15) is 5.11 Å². The third-order valence-corrected chi connectivity index (χ3v) is 1.22. The minimum absolute atomic E-state index is 0.0417. The Morgan fingerprint density at radius 2 is 2.29 bits per heavy atom. The zero-order valence-electron chi connectivity index (χ0n) is 4.81. The molecule has 0 bridgehead atoms. The summed E-state index contributed by atoms with van der Waals surface area (Å²) < 4.78 is 0. The second kappa shape index (κ2) is 4.13. The van der Waals surface area contributed by atoms with Crippen LogP contribution in [-0.4, -0.2) is 6.61 Å². The summed E-state index contributed by atoms with van der Waals surface area (Å²) in [7, 11) is 0. The van der Waals surface area contributed by atoms with Crippen LogP contribution in [0, 0.1) is 12.8 Å². The molecule has 0 saturated carbocycles. The van der Waals surface area contributed by atoms with Gasteiger partial charge in [0.1, 0.15) is 0 Å². The lowest BCUT2D eigenvalue weighted by Crippen LogP contribution is -1.99. The number of hydrogen-bond donors (Lipinski definition) is 0. The first-order chi connectivity index (χ1) is 3.35. The van der Waals surface area contributed by atoms with Gasteiger partial charge in [0.2, 0.25) is 0 Å². The van der Waals surface area contributed by atoms with Crippen LogP contribution in [0.25, 0.3) is 0 Å². The average molecular weight is 100 g/mol. The molecule has 1 unspecified atom stereocenters. The topological polar surface area (TPSA) is 19.9 Å². The minimum atomic E-state index is 0.0417. The fourth-order valence-electron chi connectivity index (χ4n) is 0.405. The first-order valence-electron chi connectivity index (χ1n) is 2.72. The largest absolute Gasteiger partial charge is 0.236 e. The highest BCUT2D eigenvalue weighted by Gasteiger charge is 1.98. The second-order valence-electron chi connectivity index (χ2n) is 1.73. The molecule has 0 saturated heterocycles. The highest BCUT2D eigenvalue weighted by molar-refractivity contribution is 4.54. The lowest BCUT2D eigenvalue weighted by atomic mass is 10.1. The van der Waals surface area contributed by atoms with Crippen LogP contribution < -0.4 is 0 Å². The maximum absolute atomic E-state index is 10.1. The van der Waals surface area contributed by atoms with E-state index in [2.05, 4.69) is 6.92 Å². The molecule has 1 atom stereocenters. The first-order valence-corrected chi connectivity index (χ1v) is 2.72. The van der Waals surface area contributed by atoms with Gasteiger partial charge in [-0.15, -0.1) is 0 Å². The Hall–Kier alpha value is -0.0400. The summed E-state index contributed by atoms with van der Waals surface area (Å²) in [5, 5.41) is 10.1. The molecule has 0 N–H and O–H groups in total. The molecular formula is C6H12O. The highest BCUT2D eigenvalue weighted by atomic mass is 16.3. The van der Waals surface area contributed by atoms with Gasteiger partial charge in [-0.2, -0.15) is 0 Å². The van der Waals surface area contributed by atoms with Gasteiger partial charge in [0.25, 0.3) is 0 Å². The predicted molar refractivity (Wildman–Crippen MR) is 29.3 cm³/mol. The summed E-state index contributed by atoms with van der Waals surface area (Å²) in [4.78, 5) is 0. The van der Waals surface area contributed by atoms with Gasteiger partial charge in [0, 0.05) is 0 Å². The van der Waals surface area contributed by atoms with Gasteiger partial charge in [-0.05, 0) is 12.3 Å². The van der Waals surface area contributed by atoms with Crippen LogP contribution >= 0.6 is 0 Å². The summed E-state index contributed by atoms with van der Waals surface area (Å²) in [6.45, 7) is 5.69. The van der Waals surface area contributed by atoms with Crippen molar-refractivity contribution in [2.45, 2.75) is 19.8 Å². The van der Waals surface area contributed by atoms with Crippen LogP contribution in [0.1, 0.15) is 19.8 Å². The van der Waals surface area contributed by atoms with E-state index in [1.54, 1.807) is 0 Å². The van der Waals surface area contributed by atoms with Crippen LogP contribution in [0.15, 0.2) is 0 Å². The molecule has 0 aromatic heterocycles. The molecule has 42 valence electrons. The van der Waals surface area contributed by atoms with E-state index in [1.165, 1.54) is 0 Å². The Bertz CT molecular complexity index is 25.7. The van der Waals surface area contributed by atoms with Crippen molar-refractivity contribution < 1.29 is 5.11 Å². The summed E-state index contributed by atoms with van der Waals surface area (Å²) in [6.07, 6.45) is 1.77. The maximum atomic E-state index is 10.1. The molecule has 0 rings (SSSR count). The highest BCUT2D eigenvalue weighted by Crippen LogP contribution is 2.03. The van der Waals surface area contributed by atoms with Gasteiger partial charge in [-0.3, -0.25) is 0 Å². The molecule has 0 heterocycles. The maximum Gasteiger partial charge on any atom is 0.0850 e. The van der Waals surface area contributed by atoms with Crippen LogP contribution in [0.2, 0.25) is 0 Å². The van der Waals surface area contributed by atoms with Crippen molar-refractivity contribution >= 4 is 0 Å². The van der Waals surface area contributed by atoms with Crippen molar-refractivity contribution in [2.75, 3.05) is 6.61 Å². The van der Waals surface area contributed by atoms with E-state index in [0.29, 0.717) is 5.92 Å². The van der Waals surface area contributed by atoms with Gasteiger partial charge in [0.15, 0.2) is 0 Å². The molecule has 0 aliphatic heterocycles. The SMILES string of the molecule is [CH2]CC(CC)C[O]. The summed E-state index contributed by atoms with van der Waals surface area (Å²) in [5.41, 5.74) is 0. The summed E-state index contributed by atoms with van der Waals surface area (Å²) in [6, 6.07) is 0. The number of rotatable bonds is 3. The van der Waals surface area contributed by atoms with E-state index in [4.69, 9.17) is 0 Å². The molecule has 0 amide bonds. The third kappa shape index (κ3) is 2.63. The van der Waals surface area contributed by atoms with Crippen LogP contribution in [0.5, 0.6) is 0 Å². The summed E-state index contributed by atoms with van der Waals surface area (Å²) >= 11 is 0. The Labute approximate surface area is 45.4 Å². The standard InChI is InChI=1S/C6H12O/c1-3-6(4-2)5-7/h6H,1,3-5H2,2H3. The molecular weight excluding hydrogens is 88.1 g/mol. The summed E-state index contributed by atoms with van der Waals surface area (Å²) in [5.74, 6) is 0.319. The molecule has 0 aromatic carbocycles. The second-order valence-corrected chi connectivity index (χ2v) is 1.73. The normalized spacial score (nSPS) is 10.3. The molecule has 7 heavy (non-hydrogen) atoms. The van der Waals surface area contributed by atoms with Crippen LogP contribution in [0.4, 0.5) is 0 Å². The zero-order valence-corrected chi connectivity index (χ0v) is 4.81. The van der Waals surface area contributed by atoms with E-state index >= 15 is 0 Å². The Balaban J connectivity index is 2.99. The molecule has 0 aliphatic carbocycles. The van der Waals surface area contributed by atoms with Gasteiger partial charge in [-0.1, -0.05) is 20.3 Å². The monoisotopic (exact) mass is 100 g/mol. The predicted octanol–water partition coefficient (Wildman–Crippen LogP) is 1.67. The van der Waals surface area contributed by atoms with Crippen molar-refractivity contribution in [1.29, 1.82) is 0 Å². The Morgan fingerprint density at radius 3 is 2.29 bits per heavy atom. The lowest BCUT2D eigenvalue weighted by Gasteiger charge is -2.02. The molecule has 1 heteroatoms. The van der Waals surface area contributed by atoms with E-state index in [0.717, 1.165) is 12.8 Å². The van der Waals surface area contributed by atoms with Crippen molar-refractivity contribution in [1.82, 2.24) is 0 Å².